The van der Waals surface area contributed by atoms with Gasteiger partial charge in [0.2, 0.25) is 0 Å². The van der Waals surface area contributed by atoms with Crippen molar-refractivity contribution in [1.29, 1.82) is 0 Å². The third kappa shape index (κ3) is 3.63. The van der Waals surface area contributed by atoms with Crippen molar-refractivity contribution < 1.29 is 9.90 Å². The predicted molar refractivity (Wildman–Crippen MR) is 81.2 cm³/mol. The molecule has 1 aliphatic heterocycles. The Labute approximate surface area is 119 Å². The van der Waals surface area contributed by atoms with Crippen LogP contribution in [-0.4, -0.2) is 41.7 Å². The van der Waals surface area contributed by atoms with Crippen LogP contribution in [0.2, 0.25) is 0 Å². The van der Waals surface area contributed by atoms with Crippen molar-refractivity contribution in [3.8, 4) is 0 Å². The summed E-state index contributed by atoms with van der Waals surface area (Å²) in [6, 6.07) is 5.13. The number of nitrogens with one attached hydrogen (secondary N) is 1. The lowest BCUT2D eigenvalue weighted by Crippen LogP contribution is -2.38. The minimum atomic E-state index is -0.954. The summed E-state index contributed by atoms with van der Waals surface area (Å²) in [5.74, 6) is -0.954. The van der Waals surface area contributed by atoms with Crippen molar-refractivity contribution in [2.75, 3.05) is 30.7 Å². The number of nitrogens with zero attached hydrogens (tertiary/aromatic N) is 1. The lowest BCUT2D eigenvalue weighted by atomic mass is 10.1. The number of hydrogen-bond donors (Lipinski definition) is 3. The Bertz CT molecular complexity index is 470. The van der Waals surface area contributed by atoms with E-state index in [1.165, 1.54) is 19.3 Å². The van der Waals surface area contributed by atoms with Crippen LogP contribution in [0.4, 0.5) is 11.4 Å². The smallest absolute Gasteiger partial charge is 0.337 e. The van der Waals surface area contributed by atoms with Gasteiger partial charge in [0, 0.05) is 12.6 Å². The number of para-hydroxylation sites is 1. The SMILES string of the molecule is CC(CN1CCCCC1)Nc1c(N)cccc1C(=O)O. The molecule has 0 radical (unpaired) electrons. The van der Waals surface area contributed by atoms with Crippen molar-refractivity contribution in [2.24, 2.45) is 0 Å². The molecule has 1 aromatic rings. The van der Waals surface area contributed by atoms with Crippen LogP contribution < -0.4 is 11.1 Å². The summed E-state index contributed by atoms with van der Waals surface area (Å²) in [5.41, 5.74) is 7.15. The van der Waals surface area contributed by atoms with E-state index in [0.717, 1.165) is 19.6 Å². The fraction of sp³-hybridized carbons (Fsp3) is 0.533. The Morgan fingerprint density at radius 1 is 1.40 bits per heavy atom. The number of rotatable bonds is 5. The second-order valence-corrected chi connectivity index (χ2v) is 5.48. The number of aromatic carboxylic acids is 1. The predicted octanol–water partition coefficient (Wildman–Crippen LogP) is 2.25. The number of piperidine rings is 1. The van der Waals surface area contributed by atoms with Crippen LogP contribution in [0, 0.1) is 0 Å². The van der Waals surface area contributed by atoms with Gasteiger partial charge in [0.25, 0.3) is 0 Å². The first kappa shape index (κ1) is 14.7. The summed E-state index contributed by atoms with van der Waals surface area (Å²) in [6.07, 6.45) is 3.81. The zero-order valence-corrected chi connectivity index (χ0v) is 11.9. The van der Waals surface area contributed by atoms with Crippen molar-refractivity contribution >= 4 is 17.3 Å². The zero-order chi connectivity index (χ0) is 14.5. The molecule has 0 amide bonds. The van der Waals surface area contributed by atoms with Gasteiger partial charge in [-0.3, -0.25) is 0 Å². The first-order valence-corrected chi connectivity index (χ1v) is 7.18. The Morgan fingerprint density at radius 3 is 2.75 bits per heavy atom. The van der Waals surface area contributed by atoms with Crippen LogP contribution in [0.15, 0.2) is 18.2 Å². The highest BCUT2D eigenvalue weighted by molar-refractivity contribution is 5.97. The summed E-state index contributed by atoms with van der Waals surface area (Å²) in [5, 5.41) is 12.5. The van der Waals surface area contributed by atoms with E-state index < -0.39 is 5.97 Å². The average Bonchev–Trinajstić information content (AvgIpc) is 2.42. The Morgan fingerprint density at radius 2 is 2.10 bits per heavy atom. The van der Waals surface area contributed by atoms with E-state index in [1.54, 1.807) is 18.2 Å². The molecular weight excluding hydrogens is 254 g/mol. The third-order valence-electron chi connectivity index (χ3n) is 3.70. The molecule has 1 heterocycles. The summed E-state index contributed by atoms with van der Waals surface area (Å²) >= 11 is 0. The van der Waals surface area contributed by atoms with Gasteiger partial charge in [-0.2, -0.15) is 0 Å². The van der Waals surface area contributed by atoms with E-state index in [1.807, 2.05) is 0 Å². The fourth-order valence-corrected chi connectivity index (χ4v) is 2.73. The van der Waals surface area contributed by atoms with Gasteiger partial charge < -0.3 is 21.1 Å². The molecule has 1 aliphatic rings. The number of hydrogen-bond acceptors (Lipinski definition) is 4. The summed E-state index contributed by atoms with van der Waals surface area (Å²) < 4.78 is 0. The minimum Gasteiger partial charge on any atom is -0.478 e. The molecule has 2 rings (SSSR count). The fourth-order valence-electron chi connectivity index (χ4n) is 2.73. The van der Waals surface area contributed by atoms with Crippen molar-refractivity contribution in [3.05, 3.63) is 23.8 Å². The van der Waals surface area contributed by atoms with Crippen LogP contribution in [0.25, 0.3) is 0 Å². The van der Waals surface area contributed by atoms with Gasteiger partial charge in [0.05, 0.1) is 16.9 Å². The van der Waals surface area contributed by atoms with E-state index >= 15 is 0 Å². The standard InChI is InChI=1S/C15H23N3O2/c1-11(10-18-8-3-2-4-9-18)17-14-12(15(19)20)6-5-7-13(14)16/h5-7,11,17H,2-4,8-10,16H2,1H3,(H,19,20). The van der Waals surface area contributed by atoms with Crippen molar-refractivity contribution in [3.63, 3.8) is 0 Å². The highest BCUT2D eigenvalue weighted by atomic mass is 16.4. The lowest BCUT2D eigenvalue weighted by Gasteiger charge is -2.30. The summed E-state index contributed by atoms with van der Waals surface area (Å²) in [4.78, 5) is 13.7. The highest BCUT2D eigenvalue weighted by Gasteiger charge is 2.17. The molecule has 1 atom stereocenters. The second kappa shape index (κ2) is 6.61. The number of carboxylic acid groups (broad SMARTS) is 1. The number of anilines is 2. The molecular formula is C15H23N3O2. The molecule has 0 saturated carbocycles. The van der Waals surface area contributed by atoms with Gasteiger partial charge in [0.15, 0.2) is 0 Å². The number of carboxylic acids is 1. The van der Waals surface area contributed by atoms with Crippen LogP contribution in [0.1, 0.15) is 36.5 Å². The maximum Gasteiger partial charge on any atom is 0.337 e. The topological polar surface area (TPSA) is 78.6 Å². The Balaban J connectivity index is 2.03. The maximum atomic E-state index is 11.2. The molecule has 4 N–H and O–H groups in total. The molecule has 20 heavy (non-hydrogen) atoms. The molecule has 1 saturated heterocycles. The van der Waals surface area contributed by atoms with E-state index in [9.17, 15) is 9.90 Å². The molecule has 0 aromatic heterocycles. The molecule has 110 valence electrons. The number of nitrogen functional groups attached to an aromatic ring is 1. The third-order valence-corrected chi connectivity index (χ3v) is 3.70. The first-order chi connectivity index (χ1) is 9.58. The van der Waals surface area contributed by atoms with Crippen molar-refractivity contribution in [1.82, 2.24) is 4.90 Å². The second-order valence-electron chi connectivity index (χ2n) is 5.48. The van der Waals surface area contributed by atoms with E-state index in [0.29, 0.717) is 11.4 Å². The quantitative estimate of drug-likeness (QED) is 0.719. The maximum absolute atomic E-state index is 11.2. The Kier molecular flexibility index (Phi) is 4.84. The molecule has 1 fully saturated rings. The van der Waals surface area contributed by atoms with Gasteiger partial charge in [-0.25, -0.2) is 4.79 Å². The molecule has 0 aliphatic carbocycles. The molecule has 1 aromatic carbocycles. The monoisotopic (exact) mass is 277 g/mol. The number of likely N-dealkylation sites (tertiary alicyclic amines) is 1. The summed E-state index contributed by atoms with van der Waals surface area (Å²) in [6.45, 7) is 5.23. The lowest BCUT2D eigenvalue weighted by molar-refractivity contribution is 0.0698. The van der Waals surface area contributed by atoms with Crippen LogP contribution in [0.5, 0.6) is 0 Å². The largest absolute Gasteiger partial charge is 0.478 e. The average molecular weight is 277 g/mol. The van der Waals surface area contributed by atoms with Crippen molar-refractivity contribution in [2.45, 2.75) is 32.2 Å². The van der Waals surface area contributed by atoms with Crippen LogP contribution in [-0.2, 0) is 0 Å². The van der Waals surface area contributed by atoms with Gasteiger partial charge in [-0.15, -0.1) is 0 Å². The van der Waals surface area contributed by atoms with Gasteiger partial charge >= 0.3 is 5.97 Å². The van der Waals surface area contributed by atoms with E-state index in [2.05, 4.69) is 17.1 Å². The van der Waals surface area contributed by atoms with E-state index in [-0.39, 0.29) is 11.6 Å². The normalized spacial score (nSPS) is 17.6. The van der Waals surface area contributed by atoms with Gasteiger partial charge in [-0.1, -0.05) is 12.5 Å². The highest BCUT2D eigenvalue weighted by Crippen LogP contribution is 2.24. The summed E-state index contributed by atoms with van der Waals surface area (Å²) in [7, 11) is 0. The molecule has 0 spiro atoms. The molecule has 1 unspecified atom stereocenters. The van der Waals surface area contributed by atoms with Gasteiger partial charge in [-0.05, 0) is 45.0 Å². The van der Waals surface area contributed by atoms with E-state index in [4.69, 9.17) is 5.73 Å². The number of carbonyl (C=O) groups is 1. The van der Waals surface area contributed by atoms with Crippen LogP contribution in [0.3, 0.4) is 0 Å². The molecule has 5 heteroatoms. The van der Waals surface area contributed by atoms with Gasteiger partial charge in [0.1, 0.15) is 0 Å². The van der Waals surface area contributed by atoms with Crippen LogP contribution >= 0.6 is 0 Å². The molecule has 5 nitrogen and oxygen atoms in total. The Hall–Kier alpha value is -1.75. The number of benzene rings is 1. The minimum absolute atomic E-state index is 0.163. The number of nitrogens with two attached hydrogens (primary N) is 1. The molecule has 0 bridgehead atoms. The first-order valence-electron chi connectivity index (χ1n) is 7.18. The zero-order valence-electron chi connectivity index (χ0n) is 11.9.